The summed E-state index contributed by atoms with van der Waals surface area (Å²) >= 11 is 0. The number of aliphatic hydroxyl groups is 1. The van der Waals surface area contributed by atoms with E-state index in [2.05, 4.69) is 27.8 Å². The van der Waals surface area contributed by atoms with Gasteiger partial charge in [0.25, 0.3) is 0 Å². The highest BCUT2D eigenvalue weighted by Gasteiger charge is 2.34. The Bertz CT molecular complexity index is 449. The van der Waals surface area contributed by atoms with Gasteiger partial charge in [-0.3, -0.25) is 14.8 Å². The third-order valence-electron chi connectivity index (χ3n) is 5.32. The molecule has 1 N–H and O–H groups in total. The van der Waals surface area contributed by atoms with Gasteiger partial charge >= 0.3 is 0 Å². The van der Waals surface area contributed by atoms with Gasteiger partial charge in [-0.1, -0.05) is 13.0 Å². The first-order valence-corrected chi connectivity index (χ1v) is 8.69. The highest BCUT2D eigenvalue weighted by molar-refractivity contribution is 5.08. The standard InChI is InChI=1S/C18H29N3O/c1-16-4-6-18(22,7-5-16)15-21-11-9-20(10-12-21)14-17-3-2-8-19-13-17/h2-3,8,13,16,22H,4-7,9-12,14-15H2,1H3. The van der Waals surface area contributed by atoms with E-state index in [0.29, 0.717) is 0 Å². The van der Waals surface area contributed by atoms with Crippen LogP contribution in [0.15, 0.2) is 24.5 Å². The van der Waals surface area contributed by atoms with E-state index in [1.54, 1.807) is 0 Å². The van der Waals surface area contributed by atoms with Crippen molar-refractivity contribution in [3.63, 3.8) is 0 Å². The van der Waals surface area contributed by atoms with Gasteiger partial charge in [-0.15, -0.1) is 0 Å². The van der Waals surface area contributed by atoms with Gasteiger partial charge in [0.2, 0.25) is 0 Å². The summed E-state index contributed by atoms with van der Waals surface area (Å²) < 4.78 is 0. The van der Waals surface area contributed by atoms with Crippen LogP contribution < -0.4 is 0 Å². The van der Waals surface area contributed by atoms with E-state index in [1.807, 2.05) is 18.5 Å². The van der Waals surface area contributed by atoms with Crippen LogP contribution in [0.25, 0.3) is 0 Å². The number of hydrogen-bond acceptors (Lipinski definition) is 4. The largest absolute Gasteiger partial charge is 0.389 e. The molecule has 122 valence electrons. The van der Waals surface area contributed by atoms with E-state index in [0.717, 1.165) is 58.0 Å². The first-order valence-electron chi connectivity index (χ1n) is 8.69. The maximum atomic E-state index is 10.8. The third kappa shape index (κ3) is 4.28. The predicted molar refractivity (Wildman–Crippen MR) is 88.5 cm³/mol. The van der Waals surface area contributed by atoms with Crippen molar-refractivity contribution in [1.82, 2.24) is 14.8 Å². The Labute approximate surface area is 134 Å². The molecule has 1 aromatic rings. The number of hydrogen-bond donors (Lipinski definition) is 1. The summed E-state index contributed by atoms with van der Waals surface area (Å²) in [7, 11) is 0. The number of β-amino-alcohol motifs (C(OH)–C–C–N with tert-alkyl or cyclic N) is 1. The van der Waals surface area contributed by atoms with Crippen LogP contribution >= 0.6 is 0 Å². The topological polar surface area (TPSA) is 39.6 Å². The Morgan fingerprint density at radius 3 is 2.50 bits per heavy atom. The smallest absolute Gasteiger partial charge is 0.0774 e. The molecule has 4 heteroatoms. The van der Waals surface area contributed by atoms with E-state index in [9.17, 15) is 5.11 Å². The van der Waals surface area contributed by atoms with Crippen molar-refractivity contribution in [1.29, 1.82) is 0 Å². The predicted octanol–water partition coefficient (Wildman–Crippen LogP) is 2.14. The molecule has 0 radical (unpaired) electrons. The lowest BCUT2D eigenvalue weighted by Gasteiger charge is -2.42. The quantitative estimate of drug-likeness (QED) is 0.925. The molecule has 1 aliphatic heterocycles. The van der Waals surface area contributed by atoms with Gasteiger partial charge in [-0.05, 0) is 43.2 Å². The number of nitrogens with zero attached hydrogens (tertiary/aromatic N) is 3. The second kappa shape index (κ2) is 7.07. The molecular weight excluding hydrogens is 274 g/mol. The van der Waals surface area contributed by atoms with Gasteiger partial charge in [0.05, 0.1) is 5.60 Å². The van der Waals surface area contributed by atoms with E-state index in [4.69, 9.17) is 0 Å². The molecule has 0 bridgehead atoms. The zero-order valence-electron chi connectivity index (χ0n) is 13.7. The van der Waals surface area contributed by atoms with Crippen LogP contribution in [0.4, 0.5) is 0 Å². The summed E-state index contributed by atoms with van der Waals surface area (Å²) in [4.78, 5) is 9.13. The fourth-order valence-corrected chi connectivity index (χ4v) is 3.73. The van der Waals surface area contributed by atoms with Crippen molar-refractivity contribution in [3.05, 3.63) is 30.1 Å². The van der Waals surface area contributed by atoms with Crippen molar-refractivity contribution in [2.75, 3.05) is 32.7 Å². The van der Waals surface area contributed by atoms with Gasteiger partial charge in [0.15, 0.2) is 0 Å². The van der Waals surface area contributed by atoms with Crippen molar-refractivity contribution < 1.29 is 5.11 Å². The van der Waals surface area contributed by atoms with E-state index in [1.165, 1.54) is 18.4 Å². The molecule has 1 saturated heterocycles. The Kier molecular flexibility index (Phi) is 5.11. The molecule has 3 rings (SSSR count). The molecule has 0 unspecified atom stereocenters. The second-order valence-electron chi connectivity index (χ2n) is 7.32. The summed E-state index contributed by atoms with van der Waals surface area (Å²) in [6, 6.07) is 4.15. The minimum absolute atomic E-state index is 0.433. The average Bonchev–Trinajstić information content (AvgIpc) is 2.54. The van der Waals surface area contributed by atoms with E-state index < -0.39 is 5.60 Å². The molecule has 0 aromatic carbocycles. The number of pyridine rings is 1. The number of rotatable bonds is 4. The molecule has 1 saturated carbocycles. The molecule has 0 amide bonds. The Morgan fingerprint density at radius 1 is 1.18 bits per heavy atom. The maximum Gasteiger partial charge on any atom is 0.0774 e. The van der Waals surface area contributed by atoms with Crippen LogP contribution in [0, 0.1) is 5.92 Å². The lowest BCUT2D eigenvalue weighted by molar-refractivity contribution is -0.0437. The van der Waals surface area contributed by atoms with E-state index >= 15 is 0 Å². The van der Waals surface area contributed by atoms with Gasteiger partial charge in [0, 0.05) is 51.7 Å². The first kappa shape index (κ1) is 15.9. The van der Waals surface area contributed by atoms with Crippen molar-refractivity contribution in [2.45, 2.75) is 44.8 Å². The third-order valence-corrected chi connectivity index (χ3v) is 5.32. The minimum atomic E-state index is -0.433. The van der Waals surface area contributed by atoms with Gasteiger partial charge < -0.3 is 5.11 Å². The van der Waals surface area contributed by atoms with Crippen molar-refractivity contribution in [3.8, 4) is 0 Å². The molecule has 0 atom stereocenters. The Morgan fingerprint density at radius 2 is 1.86 bits per heavy atom. The SMILES string of the molecule is CC1CCC(O)(CN2CCN(Cc3cccnc3)CC2)CC1. The molecule has 1 aliphatic carbocycles. The number of aromatic nitrogens is 1. The molecule has 1 aromatic heterocycles. The van der Waals surface area contributed by atoms with Crippen molar-refractivity contribution in [2.24, 2.45) is 5.92 Å². The van der Waals surface area contributed by atoms with Gasteiger partial charge in [0.1, 0.15) is 0 Å². The molecule has 22 heavy (non-hydrogen) atoms. The van der Waals surface area contributed by atoms with Crippen LogP contribution in [0.2, 0.25) is 0 Å². The van der Waals surface area contributed by atoms with Crippen molar-refractivity contribution >= 4 is 0 Å². The van der Waals surface area contributed by atoms with Crippen LogP contribution in [-0.2, 0) is 6.54 Å². The van der Waals surface area contributed by atoms with Gasteiger partial charge in [-0.25, -0.2) is 0 Å². The summed E-state index contributed by atoms with van der Waals surface area (Å²) in [5.74, 6) is 0.789. The summed E-state index contributed by atoms with van der Waals surface area (Å²) in [6.45, 7) is 8.46. The van der Waals surface area contributed by atoms with Crippen LogP contribution in [0.5, 0.6) is 0 Å². The highest BCUT2D eigenvalue weighted by Crippen LogP contribution is 2.32. The van der Waals surface area contributed by atoms with Crippen LogP contribution in [-0.4, -0.2) is 58.2 Å². The monoisotopic (exact) mass is 303 g/mol. The zero-order valence-corrected chi connectivity index (χ0v) is 13.7. The van der Waals surface area contributed by atoms with Crippen LogP contribution in [0.1, 0.15) is 38.2 Å². The molecule has 0 spiro atoms. The zero-order chi connectivity index (χ0) is 15.4. The fraction of sp³-hybridized carbons (Fsp3) is 0.722. The summed E-state index contributed by atoms with van der Waals surface area (Å²) in [5.41, 5.74) is 0.855. The van der Waals surface area contributed by atoms with Gasteiger partial charge in [-0.2, -0.15) is 0 Å². The first-order chi connectivity index (χ1) is 10.6. The normalized spacial score (nSPS) is 31.3. The number of piperazine rings is 1. The second-order valence-corrected chi connectivity index (χ2v) is 7.32. The molecular formula is C18H29N3O. The minimum Gasteiger partial charge on any atom is -0.389 e. The Hall–Kier alpha value is -0.970. The van der Waals surface area contributed by atoms with Crippen LogP contribution in [0.3, 0.4) is 0 Å². The summed E-state index contributed by atoms with van der Waals surface area (Å²) in [6.07, 6.45) is 8.09. The highest BCUT2D eigenvalue weighted by atomic mass is 16.3. The average molecular weight is 303 g/mol. The molecule has 2 fully saturated rings. The van der Waals surface area contributed by atoms with E-state index in [-0.39, 0.29) is 0 Å². The fourth-order valence-electron chi connectivity index (χ4n) is 3.73. The molecule has 2 aliphatic rings. The molecule has 2 heterocycles. The Balaban J connectivity index is 1.44. The lowest BCUT2D eigenvalue weighted by Crippen LogP contribution is -2.52. The lowest BCUT2D eigenvalue weighted by atomic mass is 9.79. The molecule has 4 nitrogen and oxygen atoms in total. The maximum absolute atomic E-state index is 10.8. The summed E-state index contributed by atoms with van der Waals surface area (Å²) in [5, 5.41) is 10.8.